The molecule has 106 valence electrons. The first-order valence-corrected chi connectivity index (χ1v) is 6.90. The van der Waals surface area contributed by atoms with Crippen molar-refractivity contribution in [1.82, 2.24) is 0 Å². The van der Waals surface area contributed by atoms with E-state index in [0.717, 1.165) is 33.9 Å². The molecule has 0 aromatic heterocycles. The minimum absolute atomic E-state index is 0.0544. The van der Waals surface area contributed by atoms with Gasteiger partial charge in [0.1, 0.15) is 11.6 Å². The molecule has 0 saturated carbocycles. The van der Waals surface area contributed by atoms with Crippen molar-refractivity contribution in [1.29, 1.82) is 0 Å². The SMILES string of the molecule is Cc1cccc(NCC(O)c2cc(F)ccc2F)c1Br. The van der Waals surface area contributed by atoms with Crippen molar-refractivity contribution in [3.8, 4) is 0 Å². The van der Waals surface area contributed by atoms with E-state index in [0.29, 0.717) is 0 Å². The predicted molar refractivity (Wildman–Crippen MR) is 78.7 cm³/mol. The number of aliphatic hydroxyl groups is 1. The number of hydrogen-bond acceptors (Lipinski definition) is 2. The molecule has 2 N–H and O–H groups in total. The topological polar surface area (TPSA) is 32.3 Å². The molecule has 2 aromatic carbocycles. The van der Waals surface area contributed by atoms with Crippen LogP contribution in [-0.2, 0) is 0 Å². The van der Waals surface area contributed by atoms with Crippen LogP contribution >= 0.6 is 15.9 Å². The van der Waals surface area contributed by atoms with Crippen molar-refractivity contribution < 1.29 is 13.9 Å². The highest BCUT2D eigenvalue weighted by molar-refractivity contribution is 9.10. The van der Waals surface area contributed by atoms with Crippen LogP contribution in [0, 0.1) is 18.6 Å². The highest BCUT2D eigenvalue weighted by Gasteiger charge is 2.14. The van der Waals surface area contributed by atoms with Gasteiger partial charge < -0.3 is 10.4 Å². The van der Waals surface area contributed by atoms with E-state index in [1.165, 1.54) is 0 Å². The summed E-state index contributed by atoms with van der Waals surface area (Å²) >= 11 is 3.43. The van der Waals surface area contributed by atoms with E-state index >= 15 is 0 Å². The molecule has 0 aliphatic rings. The van der Waals surface area contributed by atoms with Gasteiger partial charge in [-0.1, -0.05) is 12.1 Å². The Bertz CT molecular complexity index is 619. The quantitative estimate of drug-likeness (QED) is 0.874. The molecular formula is C15H14BrF2NO. The predicted octanol–water partition coefficient (Wildman–Crippen LogP) is 4.18. The van der Waals surface area contributed by atoms with E-state index in [9.17, 15) is 13.9 Å². The van der Waals surface area contributed by atoms with Gasteiger partial charge in [0.25, 0.3) is 0 Å². The van der Waals surface area contributed by atoms with Crippen molar-refractivity contribution in [3.05, 3.63) is 63.6 Å². The number of hydrogen-bond donors (Lipinski definition) is 2. The average molecular weight is 342 g/mol. The lowest BCUT2D eigenvalue weighted by Crippen LogP contribution is -2.14. The highest BCUT2D eigenvalue weighted by Crippen LogP contribution is 2.27. The molecule has 0 saturated heterocycles. The largest absolute Gasteiger partial charge is 0.386 e. The van der Waals surface area contributed by atoms with Crippen molar-refractivity contribution in [2.45, 2.75) is 13.0 Å². The summed E-state index contributed by atoms with van der Waals surface area (Å²) in [4.78, 5) is 0. The summed E-state index contributed by atoms with van der Waals surface area (Å²) in [6, 6.07) is 8.70. The fraction of sp³-hybridized carbons (Fsp3) is 0.200. The molecule has 0 bridgehead atoms. The number of nitrogens with one attached hydrogen (secondary N) is 1. The van der Waals surface area contributed by atoms with Gasteiger partial charge in [-0.05, 0) is 52.7 Å². The second kappa shape index (κ2) is 6.33. The van der Waals surface area contributed by atoms with E-state index in [2.05, 4.69) is 21.2 Å². The van der Waals surface area contributed by atoms with Crippen LogP contribution in [0.15, 0.2) is 40.9 Å². The molecule has 1 unspecified atom stereocenters. The minimum atomic E-state index is -1.13. The fourth-order valence-electron chi connectivity index (χ4n) is 1.87. The third-order valence-corrected chi connectivity index (χ3v) is 4.05. The number of aliphatic hydroxyl groups excluding tert-OH is 1. The molecule has 2 nitrogen and oxygen atoms in total. The Morgan fingerprint density at radius 3 is 2.75 bits per heavy atom. The minimum Gasteiger partial charge on any atom is -0.386 e. The third-order valence-electron chi connectivity index (χ3n) is 2.99. The number of aryl methyl sites for hydroxylation is 1. The summed E-state index contributed by atoms with van der Waals surface area (Å²) in [7, 11) is 0. The molecule has 5 heteroatoms. The maximum atomic E-state index is 13.5. The van der Waals surface area contributed by atoms with Crippen LogP contribution in [0.3, 0.4) is 0 Å². The lowest BCUT2D eigenvalue weighted by Gasteiger charge is -2.15. The number of rotatable bonds is 4. The normalized spacial score (nSPS) is 12.2. The van der Waals surface area contributed by atoms with Crippen molar-refractivity contribution in [2.24, 2.45) is 0 Å². The van der Waals surface area contributed by atoms with Gasteiger partial charge in [-0.3, -0.25) is 0 Å². The summed E-state index contributed by atoms with van der Waals surface area (Å²) in [6.45, 7) is 2.03. The van der Waals surface area contributed by atoms with E-state index in [1.807, 2.05) is 25.1 Å². The molecule has 0 fully saturated rings. The standard InChI is InChI=1S/C15H14BrF2NO/c1-9-3-2-4-13(15(9)16)19-8-14(20)11-7-10(17)5-6-12(11)18/h2-7,14,19-20H,8H2,1H3. The van der Waals surface area contributed by atoms with Crippen LogP contribution in [0.2, 0.25) is 0 Å². The Balaban J connectivity index is 2.10. The van der Waals surface area contributed by atoms with Crippen LogP contribution in [0.4, 0.5) is 14.5 Å². The van der Waals surface area contributed by atoms with Gasteiger partial charge in [0.2, 0.25) is 0 Å². The zero-order chi connectivity index (χ0) is 14.7. The van der Waals surface area contributed by atoms with Gasteiger partial charge in [-0.15, -0.1) is 0 Å². The van der Waals surface area contributed by atoms with Gasteiger partial charge in [0.05, 0.1) is 6.10 Å². The molecule has 2 rings (SSSR count). The smallest absolute Gasteiger partial charge is 0.129 e. The third kappa shape index (κ3) is 3.35. The molecule has 0 amide bonds. The summed E-state index contributed by atoms with van der Waals surface area (Å²) in [5.74, 6) is -1.19. The first-order chi connectivity index (χ1) is 9.49. The van der Waals surface area contributed by atoms with Gasteiger partial charge >= 0.3 is 0 Å². The second-order valence-electron chi connectivity index (χ2n) is 4.50. The van der Waals surface area contributed by atoms with Gasteiger partial charge in [-0.2, -0.15) is 0 Å². The second-order valence-corrected chi connectivity index (χ2v) is 5.29. The fourth-order valence-corrected chi connectivity index (χ4v) is 2.28. The van der Waals surface area contributed by atoms with Crippen LogP contribution in [0.5, 0.6) is 0 Å². The van der Waals surface area contributed by atoms with E-state index < -0.39 is 17.7 Å². The van der Waals surface area contributed by atoms with E-state index in [4.69, 9.17) is 0 Å². The Morgan fingerprint density at radius 2 is 2.00 bits per heavy atom. The first-order valence-electron chi connectivity index (χ1n) is 6.11. The summed E-state index contributed by atoms with van der Waals surface area (Å²) in [6.07, 6.45) is -1.13. The maximum Gasteiger partial charge on any atom is 0.129 e. The molecule has 0 heterocycles. The van der Waals surface area contributed by atoms with Crippen molar-refractivity contribution in [3.63, 3.8) is 0 Å². The lowest BCUT2D eigenvalue weighted by atomic mass is 10.1. The van der Waals surface area contributed by atoms with E-state index in [-0.39, 0.29) is 12.1 Å². The molecule has 1 atom stereocenters. The van der Waals surface area contributed by atoms with Crippen molar-refractivity contribution in [2.75, 3.05) is 11.9 Å². The maximum absolute atomic E-state index is 13.5. The average Bonchev–Trinajstić information content (AvgIpc) is 2.43. The first kappa shape index (κ1) is 14.9. The molecule has 20 heavy (non-hydrogen) atoms. The van der Waals surface area contributed by atoms with Crippen LogP contribution in [-0.4, -0.2) is 11.7 Å². The number of anilines is 1. The zero-order valence-corrected chi connectivity index (χ0v) is 12.4. The molecule has 0 aliphatic heterocycles. The van der Waals surface area contributed by atoms with Gasteiger partial charge in [0, 0.05) is 22.3 Å². The molecule has 0 spiro atoms. The van der Waals surface area contributed by atoms with Crippen LogP contribution < -0.4 is 5.32 Å². The van der Waals surface area contributed by atoms with Crippen LogP contribution in [0.25, 0.3) is 0 Å². The van der Waals surface area contributed by atoms with Crippen molar-refractivity contribution >= 4 is 21.6 Å². The number of benzene rings is 2. The zero-order valence-electron chi connectivity index (χ0n) is 10.8. The molecule has 2 aromatic rings. The lowest BCUT2D eigenvalue weighted by molar-refractivity contribution is 0.186. The number of halogens is 3. The summed E-state index contributed by atoms with van der Waals surface area (Å²) in [5, 5.41) is 13.0. The van der Waals surface area contributed by atoms with Gasteiger partial charge in [0.15, 0.2) is 0 Å². The monoisotopic (exact) mass is 341 g/mol. The molecule has 0 aliphatic carbocycles. The Labute approximate surface area is 124 Å². The van der Waals surface area contributed by atoms with E-state index in [1.54, 1.807) is 0 Å². The summed E-state index contributed by atoms with van der Waals surface area (Å²) in [5.41, 5.74) is 1.78. The highest BCUT2D eigenvalue weighted by atomic mass is 79.9. The Kier molecular flexibility index (Phi) is 4.73. The summed E-state index contributed by atoms with van der Waals surface area (Å²) < 4.78 is 27.5. The Hall–Kier alpha value is -1.46. The van der Waals surface area contributed by atoms with Crippen LogP contribution in [0.1, 0.15) is 17.2 Å². The molecular weight excluding hydrogens is 328 g/mol. The Morgan fingerprint density at radius 1 is 1.25 bits per heavy atom. The van der Waals surface area contributed by atoms with Gasteiger partial charge in [-0.25, -0.2) is 8.78 Å². The molecule has 0 radical (unpaired) electrons.